The van der Waals surface area contributed by atoms with Gasteiger partial charge in [0.1, 0.15) is 22.9 Å². The van der Waals surface area contributed by atoms with Crippen molar-refractivity contribution >= 4 is 29.1 Å². The molecule has 9 heteroatoms. The number of phenols is 1. The lowest BCUT2D eigenvalue weighted by Crippen LogP contribution is -2.53. The third-order valence-corrected chi connectivity index (χ3v) is 7.40. The van der Waals surface area contributed by atoms with Gasteiger partial charge in [-0.2, -0.15) is 0 Å². The minimum atomic E-state index is -1.60. The highest BCUT2D eigenvalue weighted by Crippen LogP contribution is 2.54. The molecule has 6 rings (SSSR count). The molecule has 3 aliphatic rings. The summed E-state index contributed by atoms with van der Waals surface area (Å²) in [5, 5.41) is 15.7. The number of methoxy groups -OCH3 is 1. The molecule has 2 fully saturated rings. The number of halogens is 1. The number of nitrogens with one attached hydrogen (secondary N) is 2. The molecular formula is C27H22FN3O5. The lowest BCUT2D eigenvalue weighted by atomic mass is 9.76. The van der Waals surface area contributed by atoms with E-state index < -0.39 is 47.0 Å². The Bertz CT molecular complexity index is 1410. The van der Waals surface area contributed by atoms with E-state index in [9.17, 15) is 23.9 Å². The monoisotopic (exact) mass is 487 g/mol. The molecule has 182 valence electrons. The van der Waals surface area contributed by atoms with Crippen LogP contribution in [0.25, 0.3) is 0 Å². The number of carbonyl (C=O) groups is 3. The third kappa shape index (κ3) is 3.06. The molecule has 36 heavy (non-hydrogen) atoms. The number of fused-ring (bicyclic) bond motifs is 4. The van der Waals surface area contributed by atoms with Crippen molar-refractivity contribution in [1.82, 2.24) is 5.32 Å². The van der Waals surface area contributed by atoms with Crippen LogP contribution in [0.1, 0.15) is 11.1 Å². The maximum Gasteiger partial charge on any atom is 0.250 e. The molecule has 0 saturated carbocycles. The summed E-state index contributed by atoms with van der Waals surface area (Å²) >= 11 is 0. The standard InChI is InChI=1S/C27H22FN3O5/c1-36-18-9-5-16(6-10-18)31-24(33)22-21(12-14-2-7-17(32)8-3-14)30-27(23(22)25(31)34)19-13-15(28)4-11-20(19)29-26(27)35/h2-11,13,21-23,30,32H,12H2,1H3,(H,29,35)/t21-,22+,23-,27-/m0/s1. The largest absolute Gasteiger partial charge is 0.508 e. The second-order valence-corrected chi connectivity index (χ2v) is 9.29. The highest BCUT2D eigenvalue weighted by atomic mass is 19.1. The Balaban J connectivity index is 1.48. The predicted octanol–water partition coefficient (Wildman–Crippen LogP) is 2.71. The van der Waals surface area contributed by atoms with Crippen LogP contribution in [0.3, 0.4) is 0 Å². The van der Waals surface area contributed by atoms with E-state index in [0.29, 0.717) is 29.1 Å². The van der Waals surface area contributed by atoms with Gasteiger partial charge in [0.05, 0.1) is 24.6 Å². The van der Waals surface area contributed by atoms with Crippen molar-refractivity contribution in [3.8, 4) is 11.5 Å². The molecule has 8 nitrogen and oxygen atoms in total. The van der Waals surface area contributed by atoms with Crippen LogP contribution in [-0.2, 0) is 26.3 Å². The summed E-state index contributed by atoms with van der Waals surface area (Å²) in [4.78, 5) is 42.4. The van der Waals surface area contributed by atoms with Crippen LogP contribution < -0.4 is 20.3 Å². The van der Waals surface area contributed by atoms with E-state index >= 15 is 0 Å². The van der Waals surface area contributed by atoms with Crippen molar-refractivity contribution in [2.45, 2.75) is 18.0 Å². The second kappa shape index (κ2) is 7.89. The first-order valence-electron chi connectivity index (χ1n) is 11.5. The first kappa shape index (κ1) is 22.2. The number of phenolic OH excluding ortho intramolecular Hbond substituents is 1. The van der Waals surface area contributed by atoms with Gasteiger partial charge >= 0.3 is 0 Å². The van der Waals surface area contributed by atoms with Crippen molar-refractivity contribution in [3.63, 3.8) is 0 Å². The predicted molar refractivity (Wildman–Crippen MR) is 128 cm³/mol. The number of ether oxygens (including phenoxy) is 1. The Hall–Kier alpha value is -4.24. The van der Waals surface area contributed by atoms with E-state index in [1.54, 1.807) is 36.4 Å². The van der Waals surface area contributed by atoms with Crippen LogP contribution in [0.4, 0.5) is 15.8 Å². The van der Waals surface area contributed by atoms with Gasteiger partial charge in [0, 0.05) is 17.3 Å². The van der Waals surface area contributed by atoms with Crippen LogP contribution in [0.15, 0.2) is 66.7 Å². The van der Waals surface area contributed by atoms with Gasteiger partial charge in [-0.3, -0.25) is 19.7 Å². The molecule has 3 aliphatic heterocycles. The fourth-order valence-electron chi connectivity index (χ4n) is 5.82. The Morgan fingerprint density at radius 3 is 2.42 bits per heavy atom. The van der Waals surface area contributed by atoms with Crippen LogP contribution in [0, 0.1) is 17.7 Å². The summed E-state index contributed by atoms with van der Waals surface area (Å²) in [6, 6.07) is 16.4. The minimum absolute atomic E-state index is 0.102. The Morgan fingerprint density at radius 1 is 1.00 bits per heavy atom. The SMILES string of the molecule is COc1ccc(N2C(=O)[C@@H]3[C@H](Cc4ccc(O)cc4)N[C@]4(C(=O)Nc5ccc(F)cc54)[C@@H]3C2=O)cc1. The molecular weight excluding hydrogens is 465 g/mol. The van der Waals surface area contributed by atoms with Gasteiger partial charge in [-0.05, 0) is 66.6 Å². The smallest absolute Gasteiger partial charge is 0.250 e. The average Bonchev–Trinajstić information content (AvgIpc) is 3.45. The topological polar surface area (TPSA) is 108 Å². The number of nitrogens with zero attached hydrogens (tertiary/aromatic N) is 1. The number of rotatable bonds is 4. The second-order valence-electron chi connectivity index (χ2n) is 9.29. The van der Waals surface area contributed by atoms with Crippen LogP contribution in [0.5, 0.6) is 11.5 Å². The van der Waals surface area contributed by atoms with Gasteiger partial charge in [0.15, 0.2) is 0 Å². The van der Waals surface area contributed by atoms with E-state index in [-0.39, 0.29) is 5.75 Å². The number of aromatic hydroxyl groups is 1. The van der Waals surface area contributed by atoms with E-state index in [0.717, 1.165) is 10.5 Å². The van der Waals surface area contributed by atoms with Crippen molar-refractivity contribution in [3.05, 3.63) is 83.7 Å². The molecule has 4 atom stereocenters. The Morgan fingerprint density at radius 2 is 1.72 bits per heavy atom. The molecule has 0 radical (unpaired) electrons. The zero-order chi connectivity index (χ0) is 25.2. The fraction of sp³-hybridized carbons (Fsp3) is 0.222. The normalized spacial score (nSPS) is 26.3. The Labute approximate surface area is 205 Å². The summed E-state index contributed by atoms with van der Waals surface area (Å²) in [7, 11) is 1.52. The number of carbonyl (C=O) groups excluding carboxylic acids is 3. The van der Waals surface area contributed by atoms with Crippen molar-refractivity contribution in [2.24, 2.45) is 11.8 Å². The van der Waals surface area contributed by atoms with E-state index in [1.807, 2.05) is 0 Å². The van der Waals surface area contributed by atoms with Crippen LogP contribution >= 0.6 is 0 Å². The van der Waals surface area contributed by atoms with Crippen LogP contribution in [-0.4, -0.2) is 36.0 Å². The molecule has 3 aromatic carbocycles. The molecule has 0 aromatic heterocycles. The first-order chi connectivity index (χ1) is 17.3. The third-order valence-electron chi connectivity index (χ3n) is 7.40. The minimum Gasteiger partial charge on any atom is -0.508 e. The fourth-order valence-corrected chi connectivity index (χ4v) is 5.82. The molecule has 0 bridgehead atoms. The first-order valence-corrected chi connectivity index (χ1v) is 11.5. The number of benzene rings is 3. The molecule has 0 aliphatic carbocycles. The molecule has 3 aromatic rings. The summed E-state index contributed by atoms with van der Waals surface area (Å²) in [5.74, 6) is -3.27. The number of anilines is 2. The van der Waals surface area contributed by atoms with Gasteiger partial charge in [0.25, 0.3) is 0 Å². The Kier molecular flexibility index (Phi) is 4.87. The number of hydrogen-bond donors (Lipinski definition) is 3. The van der Waals surface area contributed by atoms with Gasteiger partial charge < -0.3 is 15.2 Å². The molecule has 3 amide bonds. The maximum atomic E-state index is 14.4. The van der Waals surface area contributed by atoms with E-state index in [1.165, 1.54) is 37.4 Å². The molecule has 2 saturated heterocycles. The van der Waals surface area contributed by atoms with Crippen molar-refractivity contribution < 1.29 is 28.6 Å². The zero-order valence-electron chi connectivity index (χ0n) is 19.2. The molecule has 1 spiro atoms. The maximum absolute atomic E-state index is 14.4. The summed E-state index contributed by atoms with van der Waals surface area (Å²) in [6.07, 6.45) is 0.316. The lowest BCUT2D eigenvalue weighted by molar-refractivity contribution is -0.130. The van der Waals surface area contributed by atoms with Crippen molar-refractivity contribution in [1.29, 1.82) is 0 Å². The van der Waals surface area contributed by atoms with Gasteiger partial charge in [-0.25, -0.2) is 9.29 Å². The summed E-state index contributed by atoms with van der Waals surface area (Å²) in [5.41, 5.74) is 0.297. The van der Waals surface area contributed by atoms with Gasteiger partial charge in [-0.1, -0.05) is 12.1 Å². The van der Waals surface area contributed by atoms with Crippen molar-refractivity contribution in [2.75, 3.05) is 17.3 Å². The van der Waals surface area contributed by atoms with Gasteiger partial charge in [-0.15, -0.1) is 0 Å². The highest BCUT2D eigenvalue weighted by molar-refractivity contribution is 6.25. The highest BCUT2D eigenvalue weighted by Gasteiger charge is 2.70. The van der Waals surface area contributed by atoms with Gasteiger partial charge in [0.2, 0.25) is 17.7 Å². The molecule has 0 unspecified atom stereocenters. The summed E-state index contributed by atoms with van der Waals surface area (Å²) < 4.78 is 19.6. The lowest BCUT2D eigenvalue weighted by Gasteiger charge is -2.29. The van der Waals surface area contributed by atoms with E-state index in [2.05, 4.69) is 10.6 Å². The zero-order valence-corrected chi connectivity index (χ0v) is 19.2. The number of hydrogen-bond acceptors (Lipinski definition) is 6. The molecule has 3 N–H and O–H groups in total. The molecule has 3 heterocycles. The van der Waals surface area contributed by atoms with Crippen LogP contribution in [0.2, 0.25) is 0 Å². The van der Waals surface area contributed by atoms with E-state index in [4.69, 9.17) is 4.74 Å². The number of imide groups is 1. The number of amides is 3. The summed E-state index contributed by atoms with van der Waals surface area (Å²) in [6.45, 7) is 0. The average molecular weight is 487 g/mol. The quantitative estimate of drug-likeness (QED) is 0.489.